The number of nitrogens with two attached hydrogens (primary N) is 1. The molecule has 2 aromatic heterocycles. The molecule has 1 unspecified atom stereocenters. The lowest BCUT2D eigenvalue weighted by Gasteiger charge is -2.36. The summed E-state index contributed by atoms with van der Waals surface area (Å²) >= 11 is 0. The zero-order valence-electron chi connectivity index (χ0n) is 25.8. The van der Waals surface area contributed by atoms with E-state index in [0.29, 0.717) is 24.3 Å². The molecule has 3 aliphatic rings. The molecule has 0 bridgehead atoms. The van der Waals surface area contributed by atoms with Crippen LogP contribution in [0, 0.1) is 5.92 Å². The van der Waals surface area contributed by atoms with Crippen molar-refractivity contribution in [2.24, 2.45) is 16.6 Å². The van der Waals surface area contributed by atoms with Crippen LogP contribution < -0.4 is 11.1 Å². The number of carbonyl (C=O) groups is 2. The van der Waals surface area contributed by atoms with Crippen LogP contribution >= 0.6 is 0 Å². The molecule has 0 radical (unpaired) electrons. The van der Waals surface area contributed by atoms with Gasteiger partial charge in [-0.25, -0.2) is 8.42 Å². The van der Waals surface area contributed by atoms with E-state index in [2.05, 4.69) is 21.9 Å². The summed E-state index contributed by atoms with van der Waals surface area (Å²) in [6, 6.07) is 10.1. The van der Waals surface area contributed by atoms with Crippen molar-refractivity contribution in [2.75, 3.05) is 39.5 Å². The second kappa shape index (κ2) is 12.9. The van der Waals surface area contributed by atoms with Gasteiger partial charge in [-0.2, -0.15) is 5.10 Å². The second-order valence-electron chi connectivity index (χ2n) is 12.5. The average molecular weight is 636 g/mol. The second-order valence-corrected chi connectivity index (χ2v) is 14.5. The molecule has 1 saturated heterocycles. The maximum atomic E-state index is 13.3. The van der Waals surface area contributed by atoms with Crippen molar-refractivity contribution in [3.63, 3.8) is 0 Å². The lowest BCUT2D eigenvalue weighted by Crippen LogP contribution is -2.49. The van der Waals surface area contributed by atoms with Gasteiger partial charge < -0.3 is 25.3 Å². The number of furan rings is 1. The number of hydrogen-bond acceptors (Lipinski definition) is 9. The van der Waals surface area contributed by atoms with Crippen LogP contribution in [0.1, 0.15) is 55.0 Å². The molecule has 2 aliphatic heterocycles. The van der Waals surface area contributed by atoms with Crippen LogP contribution in [0.2, 0.25) is 0 Å². The molecule has 4 heterocycles. The summed E-state index contributed by atoms with van der Waals surface area (Å²) in [6.45, 7) is 3.87. The maximum absolute atomic E-state index is 13.3. The van der Waals surface area contributed by atoms with Crippen molar-refractivity contribution < 1.29 is 22.4 Å². The molecular weight excluding hydrogens is 594 g/mol. The molecule has 3 aromatic rings. The van der Waals surface area contributed by atoms with Crippen LogP contribution in [0.25, 0.3) is 11.5 Å². The van der Waals surface area contributed by atoms with Crippen LogP contribution in [0.5, 0.6) is 0 Å². The topological polar surface area (TPSA) is 156 Å². The number of rotatable bonds is 9. The largest absolute Gasteiger partial charge is 0.463 e. The minimum atomic E-state index is -3.31. The van der Waals surface area contributed by atoms with E-state index in [4.69, 9.17) is 20.2 Å². The number of piperazine rings is 1. The van der Waals surface area contributed by atoms with Gasteiger partial charge in [-0.3, -0.25) is 19.3 Å². The molecule has 2 amide bonds. The Morgan fingerprint density at radius 1 is 1.07 bits per heavy atom. The van der Waals surface area contributed by atoms with Crippen molar-refractivity contribution in [3.8, 4) is 11.5 Å². The van der Waals surface area contributed by atoms with Crippen LogP contribution in [-0.2, 0) is 32.4 Å². The number of fused-ring (bicyclic) bond motifs is 1. The van der Waals surface area contributed by atoms with E-state index in [0.717, 1.165) is 80.8 Å². The summed E-state index contributed by atoms with van der Waals surface area (Å²) in [6.07, 6.45) is 5.81. The molecule has 0 spiro atoms. The van der Waals surface area contributed by atoms with Gasteiger partial charge in [-0.15, -0.1) is 0 Å². The Labute approximate surface area is 263 Å². The van der Waals surface area contributed by atoms with Crippen LogP contribution in [0.15, 0.2) is 57.0 Å². The van der Waals surface area contributed by atoms with Gasteiger partial charge in [0, 0.05) is 50.3 Å². The summed E-state index contributed by atoms with van der Waals surface area (Å²) in [7, 11) is -1.22. The van der Waals surface area contributed by atoms with Crippen molar-refractivity contribution in [3.05, 3.63) is 59.5 Å². The van der Waals surface area contributed by atoms with Crippen LogP contribution in [0.4, 0.5) is 0 Å². The summed E-state index contributed by atoms with van der Waals surface area (Å²) in [5, 5.41) is 7.90. The zero-order chi connectivity index (χ0) is 31.7. The molecule has 13 heteroatoms. The fourth-order valence-electron chi connectivity index (χ4n) is 6.62. The van der Waals surface area contributed by atoms with Crippen molar-refractivity contribution >= 4 is 27.4 Å². The molecule has 240 valence electrons. The molecule has 45 heavy (non-hydrogen) atoms. The number of benzene rings is 1. The molecule has 3 N–H and O–H groups in total. The number of likely N-dealkylation sites (N-methyl/N-ethyl adjacent to an activating group) is 1. The average Bonchev–Trinajstić information content (AvgIpc) is 3.76. The Morgan fingerprint density at radius 2 is 1.78 bits per heavy atom. The predicted octanol–water partition coefficient (Wildman–Crippen LogP) is 2.39. The highest BCUT2D eigenvalue weighted by Gasteiger charge is 2.36. The van der Waals surface area contributed by atoms with Gasteiger partial charge in [0.05, 0.1) is 47.7 Å². The van der Waals surface area contributed by atoms with Gasteiger partial charge in [0.1, 0.15) is 5.69 Å². The fourth-order valence-corrected chi connectivity index (χ4v) is 7.25. The monoisotopic (exact) mass is 635 g/mol. The van der Waals surface area contributed by atoms with Gasteiger partial charge in [0.15, 0.2) is 15.6 Å². The van der Waals surface area contributed by atoms with Crippen molar-refractivity contribution in [1.82, 2.24) is 24.9 Å². The lowest BCUT2D eigenvalue weighted by atomic mass is 9.85. The third-order valence-corrected chi connectivity index (χ3v) is 10.3. The maximum Gasteiger partial charge on any atom is 0.225 e. The zero-order valence-corrected chi connectivity index (χ0v) is 26.6. The Morgan fingerprint density at radius 3 is 2.42 bits per heavy atom. The summed E-state index contributed by atoms with van der Waals surface area (Å²) in [5.41, 5.74) is 10.6. The first-order valence-corrected chi connectivity index (χ1v) is 17.5. The number of nitrogens with zero attached hydrogens (tertiary/aromatic N) is 5. The number of aromatic nitrogens is 2. The third kappa shape index (κ3) is 6.90. The number of amides is 2. The van der Waals surface area contributed by atoms with E-state index in [1.807, 2.05) is 17.0 Å². The van der Waals surface area contributed by atoms with Crippen LogP contribution in [0.3, 0.4) is 0 Å². The van der Waals surface area contributed by atoms with Gasteiger partial charge in [0.2, 0.25) is 11.8 Å². The first-order valence-electron chi connectivity index (χ1n) is 15.6. The molecular formula is C32H41N7O5S. The Kier molecular flexibility index (Phi) is 8.94. The first kappa shape index (κ1) is 31.2. The Bertz CT molecular complexity index is 1660. The number of sulfone groups is 1. The first-order chi connectivity index (χ1) is 21.6. The molecule has 1 atom stereocenters. The predicted molar refractivity (Wildman–Crippen MR) is 169 cm³/mol. The van der Waals surface area contributed by atoms with Crippen molar-refractivity contribution in [2.45, 2.75) is 62.2 Å². The number of nitrogens with one attached hydrogen (secondary N) is 1. The number of aliphatic imine (C=N–C) groups is 1. The van der Waals surface area contributed by atoms with Gasteiger partial charge in [-0.1, -0.05) is 12.1 Å². The molecule has 12 nitrogen and oxygen atoms in total. The standard InChI is InChI=1S/C32H41N7O5S/c1-37-13-15-38(16-14-37)32(41)22-7-9-23(10-8-22)39-31-25(30(36-39)27-4-3-17-44-27)20-34-26(31)19-28(33)35-29(40)18-21-5-11-24(12-6-21)45(2,42)43/h3-6,11-12,17,22-23,28H,7-10,13-16,18-20,33H2,1-2H3,(H,35,40). The quantitative estimate of drug-likeness (QED) is 0.340. The fraction of sp³-hybridized carbons (Fsp3) is 0.500. The van der Waals surface area contributed by atoms with E-state index in [1.54, 1.807) is 18.4 Å². The van der Waals surface area contributed by atoms with E-state index in [9.17, 15) is 18.0 Å². The molecule has 1 aliphatic carbocycles. The molecule has 6 rings (SSSR count). The third-order valence-electron chi connectivity index (χ3n) is 9.15. The van der Waals surface area contributed by atoms with Gasteiger partial charge in [-0.05, 0) is 62.6 Å². The van der Waals surface area contributed by atoms with Gasteiger partial charge in [0.25, 0.3) is 0 Å². The van der Waals surface area contributed by atoms with E-state index in [-0.39, 0.29) is 35.1 Å². The SMILES string of the molecule is CN1CCN(C(=O)C2CCC(n3nc(-c4ccco4)c4c3C(CC(N)NC(=O)Cc3ccc(S(C)(=O)=O)cc3)=NC4)CC2)CC1. The highest BCUT2D eigenvalue weighted by molar-refractivity contribution is 7.90. The number of carbonyl (C=O) groups excluding carboxylic acids is 2. The number of hydrogen-bond donors (Lipinski definition) is 2. The van der Waals surface area contributed by atoms with E-state index >= 15 is 0 Å². The van der Waals surface area contributed by atoms with Gasteiger partial charge >= 0.3 is 0 Å². The van der Waals surface area contributed by atoms with E-state index < -0.39 is 16.0 Å². The molecule has 1 aromatic carbocycles. The van der Waals surface area contributed by atoms with E-state index in [1.165, 1.54) is 12.1 Å². The highest BCUT2D eigenvalue weighted by atomic mass is 32.2. The summed E-state index contributed by atoms with van der Waals surface area (Å²) < 4.78 is 31.3. The highest BCUT2D eigenvalue weighted by Crippen LogP contribution is 2.39. The Balaban J connectivity index is 1.13. The summed E-state index contributed by atoms with van der Waals surface area (Å²) in [5.74, 6) is 0.734. The minimum Gasteiger partial charge on any atom is -0.463 e. The molecule has 2 fully saturated rings. The van der Waals surface area contributed by atoms with Crippen LogP contribution in [-0.4, -0.2) is 91.2 Å². The lowest BCUT2D eigenvalue weighted by molar-refractivity contribution is -0.138. The minimum absolute atomic E-state index is 0.0390. The Hall–Kier alpha value is -3.81. The molecule has 1 saturated carbocycles. The summed E-state index contributed by atoms with van der Waals surface area (Å²) in [4.78, 5) is 35.4. The smallest absolute Gasteiger partial charge is 0.225 e. The van der Waals surface area contributed by atoms with Crippen molar-refractivity contribution in [1.29, 1.82) is 0 Å². The normalized spacial score (nSPS) is 21.3.